The Bertz CT molecular complexity index is 1660. The van der Waals surface area contributed by atoms with Gasteiger partial charge in [-0.1, -0.05) is 12.1 Å². The van der Waals surface area contributed by atoms with Crippen LogP contribution in [0.2, 0.25) is 0 Å². The maximum absolute atomic E-state index is 14.3. The van der Waals surface area contributed by atoms with Crippen LogP contribution in [0.1, 0.15) is 22.3 Å². The van der Waals surface area contributed by atoms with Crippen LogP contribution < -0.4 is 10.3 Å². The Morgan fingerprint density at radius 3 is 2.21 bits per heavy atom. The molecule has 0 unspecified atom stereocenters. The van der Waals surface area contributed by atoms with E-state index in [2.05, 4.69) is 0 Å². The van der Waals surface area contributed by atoms with Gasteiger partial charge in [0.05, 0.1) is 36.7 Å². The Labute approximate surface area is 214 Å². The normalized spacial score (nSPS) is 11.9. The molecular formula is C26H14F8N2O3. The number of methoxy groups -OCH3 is 1. The number of pyridine rings is 1. The number of alkyl halides is 6. The first-order valence-corrected chi connectivity index (χ1v) is 10.8. The lowest BCUT2D eigenvalue weighted by Crippen LogP contribution is -2.29. The predicted molar refractivity (Wildman–Crippen MR) is 121 cm³/mol. The zero-order valence-corrected chi connectivity index (χ0v) is 19.5. The van der Waals surface area contributed by atoms with Gasteiger partial charge in [0.1, 0.15) is 29.0 Å². The molecular weight excluding hydrogens is 540 g/mol. The second-order valence-electron chi connectivity index (χ2n) is 8.17. The summed E-state index contributed by atoms with van der Waals surface area (Å²) in [6.45, 7) is -0.718. The molecule has 4 aromatic rings. The van der Waals surface area contributed by atoms with Crippen LogP contribution >= 0.6 is 0 Å². The van der Waals surface area contributed by atoms with Gasteiger partial charge in [0.2, 0.25) is 0 Å². The summed E-state index contributed by atoms with van der Waals surface area (Å²) in [5, 5.41) is 9.28. The van der Waals surface area contributed by atoms with Crippen LogP contribution in [0.15, 0.2) is 64.0 Å². The van der Waals surface area contributed by atoms with Gasteiger partial charge in [-0.25, -0.2) is 8.78 Å². The molecule has 0 aliphatic rings. The highest BCUT2D eigenvalue weighted by Crippen LogP contribution is 2.40. The lowest BCUT2D eigenvalue weighted by molar-refractivity contribution is -0.139. The minimum Gasteiger partial charge on any atom is -0.496 e. The summed E-state index contributed by atoms with van der Waals surface area (Å²) in [5.41, 5.74) is -6.30. The molecule has 0 amide bonds. The van der Waals surface area contributed by atoms with Crippen molar-refractivity contribution in [2.75, 3.05) is 7.11 Å². The fourth-order valence-corrected chi connectivity index (χ4v) is 3.89. The maximum atomic E-state index is 14.3. The molecule has 0 fully saturated rings. The molecule has 2 aromatic heterocycles. The number of furan rings is 1. The maximum Gasteiger partial charge on any atom is 0.419 e. The Morgan fingerprint density at radius 2 is 1.62 bits per heavy atom. The molecule has 0 atom stereocenters. The minimum atomic E-state index is -5.15. The van der Waals surface area contributed by atoms with Gasteiger partial charge in [-0.05, 0) is 35.9 Å². The SMILES string of the molecule is COc1ccc(-c2coc(-c3cc(C(F)(F)F)c(C#N)c(=O)n3Cc3ccc(F)cc3F)c2)cc1C(F)(F)F. The Morgan fingerprint density at radius 1 is 0.923 bits per heavy atom. The van der Waals surface area contributed by atoms with Crippen molar-refractivity contribution in [2.24, 2.45) is 0 Å². The van der Waals surface area contributed by atoms with Crippen molar-refractivity contribution in [3.05, 3.63) is 99.0 Å². The number of hydrogen-bond donors (Lipinski definition) is 0. The average molecular weight is 554 g/mol. The largest absolute Gasteiger partial charge is 0.496 e. The average Bonchev–Trinajstić information content (AvgIpc) is 3.35. The highest BCUT2D eigenvalue weighted by molar-refractivity contribution is 5.71. The molecule has 202 valence electrons. The number of nitriles is 1. The van der Waals surface area contributed by atoms with Gasteiger partial charge >= 0.3 is 12.4 Å². The summed E-state index contributed by atoms with van der Waals surface area (Å²) in [7, 11) is 1.05. The summed E-state index contributed by atoms with van der Waals surface area (Å²) in [4.78, 5) is 13.0. The molecule has 0 aliphatic heterocycles. The van der Waals surface area contributed by atoms with E-state index in [1.54, 1.807) is 0 Å². The molecule has 2 heterocycles. The summed E-state index contributed by atoms with van der Waals surface area (Å²) in [5.74, 6) is -2.91. The van der Waals surface area contributed by atoms with Crippen LogP contribution in [0, 0.1) is 23.0 Å². The molecule has 4 rings (SSSR count). The smallest absolute Gasteiger partial charge is 0.419 e. The van der Waals surface area contributed by atoms with Gasteiger partial charge in [-0.2, -0.15) is 31.6 Å². The van der Waals surface area contributed by atoms with E-state index in [-0.39, 0.29) is 16.7 Å². The number of benzene rings is 2. The predicted octanol–water partition coefficient (Wildman–Crippen LogP) is 7.02. The molecule has 0 radical (unpaired) electrons. The third kappa shape index (κ3) is 5.36. The highest BCUT2D eigenvalue weighted by Gasteiger charge is 2.37. The molecule has 0 saturated carbocycles. The van der Waals surface area contributed by atoms with Crippen molar-refractivity contribution in [3.63, 3.8) is 0 Å². The minimum absolute atomic E-state index is 0.00281. The van der Waals surface area contributed by atoms with Gasteiger partial charge in [-0.15, -0.1) is 0 Å². The van der Waals surface area contributed by atoms with E-state index in [0.717, 1.165) is 43.7 Å². The fraction of sp³-hybridized carbons (Fsp3) is 0.154. The van der Waals surface area contributed by atoms with Crippen LogP contribution in [-0.2, 0) is 18.9 Å². The van der Waals surface area contributed by atoms with E-state index in [9.17, 15) is 45.2 Å². The number of rotatable bonds is 5. The topological polar surface area (TPSA) is 68.2 Å². The number of halogens is 8. The summed E-state index contributed by atoms with van der Waals surface area (Å²) in [6.07, 6.45) is -8.98. The number of nitrogens with zero attached hydrogens (tertiary/aromatic N) is 2. The van der Waals surface area contributed by atoms with E-state index < -0.39 is 70.0 Å². The molecule has 0 saturated heterocycles. The van der Waals surface area contributed by atoms with E-state index >= 15 is 0 Å². The molecule has 0 N–H and O–H groups in total. The van der Waals surface area contributed by atoms with E-state index in [1.165, 1.54) is 12.1 Å². The van der Waals surface area contributed by atoms with Crippen LogP contribution in [0.4, 0.5) is 35.1 Å². The zero-order chi connectivity index (χ0) is 28.7. The quantitative estimate of drug-likeness (QED) is 0.249. The number of hydrogen-bond acceptors (Lipinski definition) is 4. The van der Waals surface area contributed by atoms with E-state index in [0.29, 0.717) is 16.7 Å². The Kier molecular flexibility index (Phi) is 6.99. The van der Waals surface area contributed by atoms with Crippen LogP contribution in [0.3, 0.4) is 0 Å². The van der Waals surface area contributed by atoms with Crippen molar-refractivity contribution in [3.8, 4) is 34.4 Å². The first kappa shape index (κ1) is 27.4. The molecule has 39 heavy (non-hydrogen) atoms. The van der Waals surface area contributed by atoms with Crippen LogP contribution in [0.5, 0.6) is 5.75 Å². The van der Waals surface area contributed by atoms with E-state index in [4.69, 9.17) is 9.15 Å². The number of aromatic nitrogens is 1. The lowest BCUT2D eigenvalue weighted by atomic mass is 10.0. The number of ether oxygens (including phenoxy) is 1. The summed E-state index contributed by atoms with van der Waals surface area (Å²) >= 11 is 0. The Balaban J connectivity index is 1.92. The van der Waals surface area contributed by atoms with Crippen LogP contribution in [-0.4, -0.2) is 11.7 Å². The van der Waals surface area contributed by atoms with Gasteiger partial charge in [-0.3, -0.25) is 9.36 Å². The third-order valence-corrected chi connectivity index (χ3v) is 5.75. The molecule has 0 spiro atoms. The molecule has 13 heteroatoms. The van der Waals surface area contributed by atoms with Crippen LogP contribution in [0.25, 0.3) is 22.6 Å². The first-order chi connectivity index (χ1) is 18.2. The van der Waals surface area contributed by atoms with E-state index in [1.807, 2.05) is 0 Å². The molecule has 2 aromatic carbocycles. The van der Waals surface area contributed by atoms with Gasteiger partial charge in [0, 0.05) is 17.2 Å². The first-order valence-electron chi connectivity index (χ1n) is 10.8. The van der Waals surface area contributed by atoms with Gasteiger partial charge in [0.15, 0.2) is 5.76 Å². The molecule has 5 nitrogen and oxygen atoms in total. The fourth-order valence-electron chi connectivity index (χ4n) is 3.89. The molecule has 0 bridgehead atoms. The standard InChI is InChI=1S/C26H14F8N2O3/c1-38-22-5-3-13(6-19(22)26(32,33)34)15-7-23(39-12-15)21-9-18(25(29,30)31)17(10-35)24(37)36(21)11-14-2-4-16(27)8-20(14)28/h2-9,12H,11H2,1H3. The monoisotopic (exact) mass is 554 g/mol. The summed E-state index contributed by atoms with van der Waals surface area (Å²) in [6, 6.07) is 8.11. The van der Waals surface area contributed by atoms with Crippen molar-refractivity contribution >= 4 is 0 Å². The van der Waals surface area contributed by atoms with Gasteiger partial charge in [0.25, 0.3) is 5.56 Å². The van der Waals surface area contributed by atoms with Crippen molar-refractivity contribution in [2.45, 2.75) is 18.9 Å². The summed E-state index contributed by atoms with van der Waals surface area (Å²) < 4.78 is 120. The molecule has 0 aliphatic carbocycles. The van der Waals surface area contributed by atoms with Gasteiger partial charge < -0.3 is 9.15 Å². The van der Waals surface area contributed by atoms with Crippen molar-refractivity contribution in [1.82, 2.24) is 4.57 Å². The van der Waals surface area contributed by atoms with Crippen molar-refractivity contribution < 1.29 is 44.3 Å². The second kappa shape index (κ2) is 9.94. The van der Waals surface area contributed by atoms with Crippen molar-refractivity contribution in [1.29, 1.82) is 5.26 Å². The lowest BCUT2D eigenvalue weighted by Gasteiger charge is -2.16. The second-order valence-corrected chi connectivity index (χ2v) is 8.17. The third-order valence-electron chi connectivity index (χ3n) is 5.75. The zero-order valence-electron chi connectivity index (χ0n) is 19.5. The highest BCUT2D eigenvalue weighted by atomic mass is 19.4. The Hall–Kier alpha value is -4.60.